The van der Waals surface area contributed by atoms with Gasteiger partial charge in [-0.2, -0.15) is 0 Å². The minimum absolute atomic E-state index is 0.105. The van der Waals surface area contributed by atoms with Crippen LogP contribution in [0.4, 0.5) is 0 Å². The van der Waals surface area contributed by atoms with Gasteiger partial charge in [0, 0.05) is 18.5 Å². The smallest absolute Gasteiger partial charge is 0.340 e. The molecule has 0 saturated carbocycles. The number of benzene rings is 2. The van der Waals surface area contributed by atoms with E-state index < -0.39 is 11.6 Å². The molecule has 1 saturated heterocycles. The summed E-state index contributed by atoms with van der Waals surface area (Å²) in [5.74, 6) is 0.0606. The summed E-state index contributed by atoms with van der Waals surface area (Å²) in [5.41, 5.74) is 2.70. The largest absolute Gasteiger partial charge is 0.507 e. The number of carbonyl (C=O) groups excluding carboxylic acids is 1. The number of nitrogens with zero attached hydrogens (tertiary/aromatic N) is 1. The Balaban J connectivity index is 1.65. The molecule has 1 N–H and O–H groups in total. The van der Waals surface area contributed by atoms with Gasteiger partial charge in [0.1, 0.15) is 11.3 Å². The fraction of sp³-hybridized carbons (Fsp3) is 0.333. The van der Waals surface area contributed by atoms with E-state index in [1.54, 1.807) is 19.1 Å². The number of phenols is 1. The van der Waals surface area contributed by atoms with Gasteiger partial charge >= 0.3 is 11.6 Å². The van der Waals surface area contributed by atoms with Crippen LogP contribution in [0.2, 0.25) is 0 Å². The molecule has 3 aromatic rings. The molecular formula is C24H25NO5. The van der Waals surface area contributed by atoms with Crippen LogP contribution < -0.4 is 5.63 Å². The van der Waals surface area contributed by atoms with Gasteiger partial charge in [-0.15, -0.1) is 0 Å². The van der Waals surface area contributed by atoms with Crippen LogP contribution in [0.3, 0.4) is 0 Å². The second kappa shape index (κ2) is 8.32. The second-order valence-corrected chi connectivity index (χ2v) is 7.82. The van der Waals surface area contributed by atoms with E-state index in [2.05, 4.69) is 33.9 Å². The summed E-state index contributed by atoms with van der Waals surface area (Å²) < 4.78 is 10.3. The summed E-state index contributed by atoms with van der Waals surface area (Å²) in [5, 5.41) is 11.2. The van der Waals surface area contributed by atoms with E-state index in [-0.39, 0.29) is 17.7 Å². The zero-order valence-electron chi connectivity index (χ0n) is 17.2. The summed E-state index contributed by atoms with van der Waals surface area (Å²) >= 11 is 0. The Morgan fingerprint density at radius 1 is 1.20 bits per heavy atom. The van der Waals surface area contributed by atoms with Crippen molar-refractivity contribution in [3.05, 3.63) is 75.1 Å². The first-order chi connectivity index (χ1) is 14.5. The zero-order valence-corrected chi connectivity index (χ0v) is 17.2. The predicted molar refractivity (Wildman–Crippen MR) is 114 cm³/mol. The first kappa shape index (κ1) is 20.2. The van der Waals surface area contributed by atoms with Crippen molar-refractivity contribution in [2.75, 3.05) is 20.2 Å². The van der Waals surface area contributed by atoms with E-state index in [4.69, 9.17) is 4.42 Å². The fourth-order valence-corrected chi connectivity index (χ4v) is 4.27. The van der Waals surface area contributed by atoms with E-state index in [9.17, 15) is 14.7 Å². The molecule has 0 unspecified atom stereocenters. The predicted octanol–water partition coefficient (Wildman–Crippen LogP) is 3.51. The van der Waals surface area contributed by atoms with Gasteiger partial charge in [-0.05, 0) is 49.1 Å². The van der Waals surface area contributed by atoms with Crippen molar-refractivity contribution >= 4 is 16.9 Å². The highest BCUT2D eigenvalue weighted by atomic mass is 16.5. The Morgan fingerprint density at radius 2 is 1.97 bits per heavy atom. The Morgan fingerprint density at radius 3 is 2.70 bits per heavy atom. The lowest BCUT2D eigenvalue weighted by molar-refractivity contribution is -0.139. The van der Waals surface area contributed by atoms with Gasteiger partial charge in [-0.1, -0.05) is 30.3 Å². The van der Waals surface area contributed by atoms with Crippen molar-refractivity contribution in [2.24, 2.45) is 0 Å². The van der Waals surface area contributed by atoms with Gasteiger partial charge in [0.05, 0.1) is 24.7 Å². The van der Waals surface area contributed by atoms with Gasteiger partial charge in [0.15, 0.2) is 0 Å². The number of rotatable bonds is 5. The number of aryl methyl sites for hydroxylation is 1. The number of hydrogen-bond acceptors (Lipinski definition) is 6. The molecule has 4 rings (SSSR count). The zero-order chi connectivity index (χ0) is 21.3. The minimum atomic E-state index is -0.569. The lowest BCUT2D eigenvalue weighted by Crippen LogP contribution is -2.21. The summed E-state index contributed by atoms with van der Waals surface area (Å²) in [7, 11) is 1.29. The third kappa shape index (κ3) is 3.83. The van der Waals surface area contributed by atoms with Gasteiger partial charge in [-0.3, -0.25) is 9.69 Å². The van der Waals surface area contributed by atoms with Crippen LogP contribution in [0.15, 0.2) is 51.7 Å². The molecule has 1 aliphatic heterocycles. The topological polar surface area (TPSA) is 80.0 Å². The van der Waals surface area contributed by atoms with Crippen LogP contribution in [0.1, 0.15) is 34.6 Å². The first-order valence-corrected chi connectivity index (χ1v) is 10.1. The van der Waals surface area contributed by atoms with E-state index in [0.717, 1.165) is 24.9 Å². The van der Waals surface area contributed by atoms with Crippen molar-refractivity contribution in [1.82, 2.24) is 4.90 Å². The van der Waals surface area contributed by atoms with Crippen molar-refractivity contribution in [1.29, 1.82) is 0 Å². The Labute approximate surface area is 174 Å². The van der Waals surface area contributed by atoms with Crippen molar-refractivity contribution in [3.8, 4) is 5.75 Å². The molecule has 2 heterocycles. The third-order valence-electron chi connectivity index (χ3n) is 6.01. The van der Waals surface area contributed by atoms with E-state index in [1.807, 2.05) is 6.07 Å². The van der Waals surface area contributed by atoms with Crippen molar-refractivity contribution in [2.45, 2.75) is 32.2 Å². The molecule has 2 aromatic carbocycles. The molecule has 30 heavy (non-hydrogen) atoms. The molecule has 0 amide bonds. The number of phenolic OH excluding ortho intramolecular Hbond substituents is 1. The number of esters is 1. The van der Waals surface area contributed by atoms with Crippen LogP contribution in [-0.2, 0) is 22.5 Å². The molecule has 156 valence electrons. The first-order valence-electron chi connectivity index (χ1n) is 10.1. The number of likely N-dealkylation sites (tertiary alicyclic amines) is 1. The summed E-state index contributed by atoms with van der Waals surface area (Å²) in [6, 6.07) is 13.8. The average molecular weight is 407 g/mol. The maximum absolute atomic E-state index is 12.6. The molecule has 0 spiro atoms. The molecule has 0 radical (unpaired) electrons. The standard InChI is InChI=1S/C24H25NO5/c1-15-18-8-9-21(26)20(23(18)30-24(28)19(15)12-22(27)29-2)14-25-11-10-17(13-25)16-6-4-3-5-7-16/h3-9,17,26H,10-14H2,1-2H3/t17-/m0/s1. The van der Waals surface area contributed by atoms with Gasteiger partial charge < -0.3 is 14.3 Å². The highest BCUT2D eigenvalue weighted by Gasteiger charge is 2.26. The summed E-state index contributed by atoms with van der Waals surface area (Å²) in [6.07, 6.45) is 0.906. The number of fused-ring (bicyclic) bond motifs is 1. The minimum Gasteiger partial charge on any atom is -0.507 e. The SMILES string of the molecule is COC(=O)Cc1c(C)c2ccc(O)c(CN3CC[C@H](c4ccccc4)C3)c2oc1=O. The van der Waals surface area contributed by atoms with E-state index in [0.29, 0.717) is 29.2 Å². The number of hydrogen-bond donors (Lipinski definition) is 1. The fourth-order valence-electron chi connectivity index (χ4n) is 4.27. The molecule has 1 aromatic heterocycles. The van der Waals surface area contributed by atoms with Crippen LogP contribution in [0.5, 0.6) is 5.75 Å². The number of aromatic hydroxyl groups is 1. The summed E-state index contributed by atoms with van der Waals surface area (Å²) in [6.45, 7) is 4.06. The lowest BCUT2D eigenvalue weighted by Gasteiger charge is -2.18. The normalized spacial score (nSPS) is 16.8. The Hall–Kier alpha value is -3.12. The van der Waals surface area contributed by atoms with Gasteiger partial charge in [0.25, 0.3) is 0 Å². The van der Waals surface area contributed by atoms with Gasteiger partial charge in [0.2, 0.25) is 0 Å². The molecule has 1 atom stereocenters. The molecular weight excluding hydrogens is 382 g/mol. The highest BCUT2D eigenvalue weighted by molar-refractivity contribution is 5.87. The van der Waals surface area contributed by atoms with Crippen molar-refractivity contribution in [3.63, 3.8) is 0 Å². The maximum atomic E-state index is 12.6. The van der Waals surface area contributed by atoms with Gasteiger partial charge in [-0.25, -0.2) is 4.79 Å². The Bertz CT molecular complexity index is 1140. The highest BCUT2D eigenvalue weighted by Crippen LogP contribution is 2.33. The summed E-state index contributed by atoms with van der Waals surface area (Å²) in [4.78, 5) is 26.5. The molecule has 1 fully saturated rings. The number of carbonyl (C=O) groups is 1. The van der Waals surface area contributed by atoms with Crippen LogP contribution in [-0.4, -0.2) is 36.2 Å². The number of ether oxygens (including phenoxy) is 1. The van der Waals surface area contributed by atoms with E-state index >= 15 is 0 Å². The monoisotopic (exact) mass is 407 g/mol. The molecule has 6 nitrogen and oxygen atoms in total. The van der Waals surface area contributed by atoms with Crippen LogP contribution in [0, 0.1) is 6.92 Å². The molecule has 0 aliphatic carbocycles. The third-order valence-corrected chi connectivity index (χ3v) is 6.01. The van der Waals surface area contributed by atoms with Crippen LogP contribution >= 0.6 is 0 Å². The number of methoxy groups -OCH3 is 1. The van der Waals surface area contributed by atoms with Crippen LogP contribution in [0.25, 0.3) is 11.0 Å². The molecule has 6 heteroatoms. The van der Waals surface area contributed by atoms with Crippen molar-refractivity contribution < 1.29 is 19.1 Å². The average Bonchev–Trinajstić information content (AvgIpc) is 3.22. The molecule has 1 aliphatic rings. The maximum Gasteiger partial charge on any atom is 0.340 e. The Kier molecular flexibility index (Phi) is 5.59. The second-order valence-electron chi connectivity index (χ2n) is 7.82. The lowest BCUT2D eigenvalue weighted by atomic mass is 9.99. The van der Waals surface area contributed by atoms with E-state index in [1.165, 1.54) is 12.7 Å². The quantitative estimate of drug-likeness (QED) is 0.515. The molecule has 0 bridgehead atoms.